The summed E-state index contributed by atoms with van der Waals surface area (Å²) < 4.78 is 5.77. The molecule has 200 valence electrons. The van der Waals surface area contributed by atoms with Gasteiger partial charge in [-0.15, -0.1) is 0 Å². The lowest BCUT2D eigenvalue weighted by molar-refractivity contribution is -0.158. The number of carboxylic acid groups (broad SMARTS) is 2. The van der Waals surface area contributed by atoms with Crippen LogP contribution in [0.1, 0.15) is 20.7 Å². The van der Waals surface area contributed by atoms with Gasteiger partial charge in [-0.2, -0.15) is 0 Å². The van der Waals surface area contributed by atoms with Crippen LogP contribution in [0.25, 0.3) is 33.4 Å². The van der Waals surface area contributed by atoms with Crippen molar-refractivity contribution in [2.45, 2.75) is 12.2 Å². The molecule has 7 N–H and O–H groups in total. The first-order valence-corrected chi connectivity index (χ1v) is 11.2. The van der Waals surface area contributed by atoms with Crippen molar-refractivity contribution in [1.29, 1.82) is 0 Å². The van der Waals surface area contributed by atoms with E-state index in [0.29, 0.717) is 16.5 Å². The number of aromatic carboxylic acids is 1. The number of carbonyl (C=O) groups excluding carboxylic acids is 2. The highest BCUT2D eigenvalue weighted by molar-refractivity contribution is 6.09. The molecule has 2 atom stereocenters. The maximum absolute atomic E-state index is 12.8. The van der Waals surface area contributed by atoms with E-state index in [9.17, 15) is 44.4 Å². The predicted octanol–water partition coefficient (Wildman–Crippen LogP) is 0.579. The van der Waals surface area contributed by atoms with Crippen molar-refractivity contribution < 1.29 is 49.1 Å². The van der Waals surface area contributed by atoms with Gasteiger partial charge in [0.15, 0.2) is 17.6 Å². The maximum atomic E-state index is 12.8. The number of carboxylic acids is 2. The van der Waals surface area contributed by atoms with Crippen LogP contribution in [0.4, 0.5) is 0 Å². The molecule has 13 nitrogen and oxygen atoms in total. The van der Waals surface area contributed by atoms with E-state index in [1.54, 1.807) is 0 Å². The first-order valence-electron chi connectivity index (χ1n) is 11.2. The fourth-order valence-electron chi connectivity index (χ4n) is 3.92. The highest BCUT2D eigenvalue weighted by atomic mass is 16.4. The Morgan fingerprint density at radius 2 is 1.59 bits per heavy atom. The molecule has 0 bridgehead atoms. The van der Waals surface area contributed by atoms with Crippen molar-refractivity contribution in [1.82, 2.24) is 10.6 Å². The monoisotopic (exact) mass is 536 g/mol. The molecule has 2 aliphatic rings. The number of fused-ring (bicyclic) bond motifs is 2. The van der Waals surface area contributed by atoms with Gasteiger partial charge < -0.3 is 40.6 Å². The predicted molar refractivity (Wildman–Crippen MR) is 133 cm³/mol. The van der Waals surface area contributed by atoms with Crippen LogP contribution < -0.4 is 16.1 Å². The van der Waals surface area contributed by atoms with Crippen molar-refractivity contribution in [3.63, 3.8) is 0 Å². The molecular weight excluding hydrogens is 516 g/mol. The molecule has 2 unspecified atom stereocenters. The third-order valence-corrected chi connectivity index (χ3v) is 5.79. The second kappa shape index (κ2) is 10.6. The molecule has 0 fully saturated rings. The van der Waals surface area contributed by atoms with E-state index in [0.717, 1.165) is 0 Å². The molecule has 39 heavy (non-hydrogen) atoms. The Labute approximate surface area is 217 Å². The van der Waals surface area contributed by atoms with Crippen molar-refractivity contribution in [3.05, 3.63) is 75.9 Å². The van der Waals surface area contributed by atoms with Crippen LogP contribution in [-0.4, -0.2) is 68.2 Å². The first-order chi connectivity index (χ1) is 18.5. The van der Waals surface area contributed by atoms with Gasteiger partial charge >= 0.3 is 11.9 Å². The zero-order valence-corrected chi connectivity index (χ0v) is 19.7. The van der Waals surface area contributed by atoms with Crippen molar-refractivity contribution in [2.24, 2.45) is 0 Å². The molecule has 2 amide bonds. The number of aliphatic hydroxyl groups is 2. The quantitative estimate of drug-likeness (QED) is 0.122. The number of phenols is 1. The molecule has 0 radical (unpaired) electrons. The molecule has 1 aliphatic carbocycles. The zero-order valence-electron chi connectivity index (χ0n) is 19.7. The first kappa shape index (κ1) is 26.8. The van der Waals surface area contributed by atoms with Crippen molar-refractivity contribution in [2.75, 3.05) is 6.67 Å². The lowest BCUT2D eigenvalue weighted by atomic mass is 9.89. The lowest BCUT2D eigenvalue weighted by Crippen LogP contribution is -2.48. The average molecular weight is 536 g/mol. The summed E-state index contributed by atoms with van der Waals surface area (Å²) in [5, 5.41) is 52.0. The van der Waals surface area contributed by atoms with E-state index in [-0.39, 0.29) is 39.2 Å². The Morgan fingerprint density at radius 1 is 0.846 bits per heavy atom. The Bertz CT molecular complexity index is 1660. The molecule has 1 heterocycles. The zero-order chi connectivity index (χ0) is 28.4. The number of rotatable bonds is 8. The minimum Gasteiger partial charge on any atom is -0.508 e. The average Bonchev–Trinajstić information content (AvgIpc) is 2.89. The van der Waals surface area contributed by atoms with E-state index in [1.165, 1.54) is 54.6 Å². The summed E-state index contributed by atoms with van der Waals surface area (Å²) >= 11 is 0. The summed E-state index contributed by atoms with van der Waals surface area (Å²) in [6, 6.07) is 11.8. The summed E-state index contributed by atoms with van der Waals surface area (Å²) in [7, 11) is 0. The van der Waals surface area contributed by atoms with E-state index in [2.05, 4.69) is 5.32 Å². The number of hydrogen-bond acceptors (Lipinski definition) is 9. The third-order valence-electron chi connectivity index (χ3n) is 5.79. The van der Waals surface area contributed by atoms with Crippen LogP contribution in [0, 0.1) is 0 Å². The second-order valence-corrected chi connectivity index (χ2v) is 8.33. The normalized spacial score (nSPS) is 12.6. The Hall–Kier alpha value is -5.27. The lowest BCUT2D eigenvalue weighted by Gasteiger charge is -2.18. The summed E-state index contributed by atoms with van der Waals surface area (Å²) in [4.78, 5) is 59.4. The Morgan fingerprint density at radius 3 is 2.28 bits per heavy atom. The largest absolute Gasteiger partial charge is 0.508 e. The second-order valence-electron chi connectivity index (χ2n) is 8.33. The minimum absolute atomic E-state index is 0.0308. The maximum Gasteiger partial charge on any atom is 0.336 e. The van der Waals surface area contributed by atoms with Crippen molar-refractivity contribution in [3.8, 4) is 28.2 Å². The Kier molecular flexibility index (Phi) is 7.29. The van der Waals surface area contributed by atoms with Gasteiger partial charge in [-0.05, 0) is 48.0 Å². The molecule has 0 saturated carbocycles. The standard InChI is InChI=1S/C26H20N2O11/c29-12-2-5-15-18(8-12)39-19-9-13(30)3-6-16(19)20(15)17-7-11(1-4-14(17)25(35)36)23(33)27-10-28-24(34)21(31)22(32)26(37)38/h1-9,21-22,29,31-32H,10H2,(H,27,33)(H,28,34)(H,35,36)(H,37,38). The number of nitrogens with one attached hydrogen (secondary N) is 2. The van der Waals surface area contributed by atoms with Gasteiger partial charge in [-0.3, -0.25) is 14.4 Å². The molecule has 2 aromatic rings. The number of phenolic OH excluding ortho intramolecular Hbond substituents is 1. The van der Waals surface area contributed by atoms with Gasteiger partial charge in [-0.1, -0.05) is 0 Å². The van der Waals surface area contributed by atoms with Crippen LogP contribution in [-0.2, 0) is 9.59 Å². The van der Waals surface area contributed by atoms with E-state index in [1.807, 2.05) is 5.32 Å². The highest BCUT2D eigenvalue weighted by Gasteiger charge is 2.30. The summed E-state index contributed by atoms with van der Waals surface area (Å²) in [5.41, 5.74) is 0.346. The van der Waals surface area contributed by atoms with Crippen LogP contribution in [0.5, 0.6) is 5.75 Å². The fourth-order valence-corrected chi connectivity index (χ4v) is 3.92. The van der Waals surface area contributed by atoms with E-state index < -0.39 is 42.6 Å². The van der Waals surface area contributed by atoms with Gasteiger partial charge in [-0.25, -0.2) is 9.59 Å². The molecule has 0 aromatic heterocycles. The Balaban J connectivity index is 1.73. The molecule has 0 saturated heterocycles. The summed E-state index contributed by atoms with van der Waals surface area (Å²) in [6.45, 7) is -0.557. The fraction of sp³-hybridized carbons (Fsp3) is 0.115. The van der Waals surface area contributed by atoms with Gasteiger partial charge in [0.05, 0.1) is 12.2 Å². The molecule has 2 aromatic carbocycles. The van der Waals surface area contributed by atoms with Gasteiger partial charge in [0, 0.05) is 34.2 Å². The number of hydrogen-bond donors (Lipinski definition) is 7. The van der Waals surface area contributed by atoms with E-state index in [4.69, 9.17) is 9.52 Å². The molecular formula is C26H20N2O11. The number of aliphatic hydroxyl groups excluding tert-OH is 2. The van der Waals surface area contributed by atoms with Crippen molar-refractivity contribution >= 4 is 34.7 Å². The molecule has 0 spiro atoms. The topological polar surface area (TPSA) is 224 Å². The number of benzene rings is 3. The number of aromatic hydroxyl groups is 1. The molecule has 1 aliphatic heterocycles. The van der Waals surface area contributed by atoms with E-state index >= 15 is 0 Å². The van der Waals surface area contributed by atoms with Crippen LogP contribution in [0.15, 0.2) is 63.8 Å². The highest BCUT2D eigenvalue weighted by Crippen LogP contribution is 2.42. The smallest absolute Gasteiger partial charge is 0.336 e. The van der Waals surface area contributed by atoms with Gasteiger partial charge in [0.25, 0.3) is 11.8 Å². The number of carbonyl (C=O) groups is 4. The molecule has 13 heteroatoms. The van der Waals surface area contributed by atoms with Crippen LogP contribution >= 0.6 is 0 Å². The number of aliphatic carboxylic acids is 1. The summed E-state index contributed by atoms with van der Waals surface area (Å²) in [6.07, 6.45) is -4.64. The van der Waals surface area contributed by atoms with Crippen LogP contribution in [0.3, 0.4) is 0 Å². The SMILES string of the molecule is O=C(NCNC(=O)C(O)C(O)C(=O)O)c1ccc(C(=O)O)c(-c2c3ccc(=O)cc-3oc3cc(O)ccc23)c1. The van der Waals surface area contributed by atoms with Gasteiger partial charge in [0.1, 0.15) is 17.1 Å². The molecule has 4 rings (SSSR count). The third kappa shape index (κ3) is 5.39. The van der Waals surface area contributed by atoms with Gasteiger partial charge in [0.2, 0.25) is 0 Å². The number of amides is 2. The minimum atomic E-state index is -2.37. The summed E-state index contributed by atoms with van der Waals surface area (Å²) in [5.74, 6) is -5.16. The van der Waals surface area contributed by atoms with Crippen LogP contribution in [0.2, 0.25) is 0 Å².